The van der Waals surface area contributed by atoms with Gasteiger partial charge < -0.3 is 24.7 Å². The molecule has 0 radical (unpaired) electrons. The maximum Gasteiger partial charge on any atom is 0.191 e. The van der Waals surface area contributed by atoms with E-state index in [1.807, 2.05) is 0 Å². The molecule has 1 saturated heterocycles. The number of aryl methyl sites for hydroxylation is 1. The van der Waals surface area contributed by atoms with E-state index in [1.165, 1.54) is 0 Å². The van der Waals surface area contributed by atoms with Crippen molar-refractivity contribution in [3.05, 3.63) is 5.82 Å². The molecule has 0 amide bonds. The molecule has 1 aliphatic rings. The predicted octanol–water partition coefficient (Wildman–Crippen LogP) is 2.96. The second-order valence-electron chi connectivity index (χ2n) is 7.61. The van der Waals surface area contributed by atoms with Gasteiger partial charge in [-0.05, 0) is 38.4 Å². The predicted molar refractivity (Wildman–Crippen MR) is 134 cm³/mol. The molecule has 0 spiro atoms. The van der Waals surface area contributed by atoms with Crippen LogP contribution < -0.4 is 10.6 Å². The average molecular weight is 555 g/mol. The number of hydrogen-bond acceptors (Lipinski definition) is 6. The molecule has 1 atom stereocenters. The van der Waals surface area contributed by atoms with Crippen molar-refractivity contribution >= 4 is 41.7 Å². The van der Waals surface area contributed by atoms with Gasteiger partial charge in [0, 0.05) is 45.8 Å². The minimum atomic E-state index is 0. The third-order valence-electron chi connectivity index (χ3n) is 4.55. The van der Waals surface area contributed by atoms with Gasteiger partial charge in [0.05, 0.1) is 12.7 Å². The summed E-state index contributed by atoms with van der Waals surface area (Å²) in [6.07, 6.45) is 6.14. The van der Waals surface area contributed by atoms with Crippen LogP contribution in [0.4, 0.5) is 0 Å². The second kappa shape index (κ2) is 16.1. The van der Waals surface area contributed by atoms with Gasteiger partial charge in [-0.2, -0.15) is 0 Å². The Labute approximate surface area is 202 Å². The van der Waals surface area contributed by atoms with E-state index in [0.717, 1.165) is 88.6 Å². The number of aliphatic imine (C=N–C) groups is 1. The maximum absolute atomic E-state index is 5.80. The second-order valence-corrected chi connectivity index (χ2v) is 8.38. The fourth-order valence-electron chi connectivity index (χ4n) is 3.15. The Morgan fingerprint density at radius 2 is 2.17 bits per heavy atom. The Bertz CT molecular complexity index is 608. The zero-order chi connectivity index (χ0) is 20.9. The summed E-state index contributed by atoms with van der Waals surface area (Å²) < 4.78 is 13.4. The van der Waals surface area contributed by atoms with Crippen LogP contribution in [0.3, 0.4) is 0 Å². The number of nitrogens with one attached hydrogen (secondary N) is 2. The maximum atomic E-state index is 5.80. The van der Waals surface area contributed by atoms with E-state index in [-0.39, 0.29) is 30.1 Å². The molecule has 0 aliphatic carbocycles. The number of thioether (sulfide) groups is 1. The van der Waals surface area contributed by atoms with Crippen molar-refractivity contribution in [2.75, 3.05) is 45.7 Å². The van der Waals surface area contributed by atoms with Crippen molar-refractivity contribution in [3.63, 3.8) is 0 Å². The highest BCUT2D eigenvalue weighted by atomic mass is 127. The number of rotatable bonds is 13. The molecule has 1 fully saturated rings. The number of aromatic nitrogens is 3. The number of nitrogens with zero attached hydrogens (tertiary/aromatic N) is 4. The van der Waals surface area contributed by atoms with Gasteiger partial charge >= 0.3 is 0 Å². The smallest absolute Gasteiger partial charge is 0.191 e. The summed E-state index contributed by atoms with van der Waals surface area (Å²) in [5.74, 6) is 2.50. The lowest BCUT2D eigenvalue weighted by Crippen LogP contribution is -2.38. The van der Waals surface area contributed by atoms with Crippen molar-refractivity contribution in [3.8, 4) is 0 Å². The van der Waals surface area contributed by atoms with E-state index < -0.39 is 0 Å². The van der Waals surface area contributed by atoms with Crippen LogP contribution in [-0.4, -0.2) is 72.5 Å². The Kier molecular flexibility index (Phi) is 14.7. The molecule has 174 valence electrons. The van der Waals surface area contributed by atoms with Crippen LogP contribution in [0.25, 0.3) is 0 Å². The molecule has 0 aromatic carbocycles. The summed E-state index contributed by atoms with van der Waals surface area (Å²) in [6.45, 7) is 12.3. The first-order valence-electron chi connectivity index (χ1n) is 10.8. The normalized spacial score (nSPS) is 16.7. The van der Waals surface area contributed by atoms with Crippen LogP contribution >= 0.6 is 35.7 Å². The zero-order valence-corrected chi connectivity index (χ0v) is 22.0. The van der Waals surface area contributed by atoms with Crippen molar-refractivity contribution in [1.29, 1.82) is 0 Å². The molecule has 0 saturated carbocycles. The summed E-state index contributed by atoms with van der Waals surface area (Å²) >= 11 is 1.65. The quantitative estimate of drug-likeness (QED) is 0.128. The standard InChI is InChI=1S/C20H38N6O2S.HI/c1-5-21-19(23-11-7-12-28-17-9-13-27-15-17)22-10-6-8-18-24-25-20(29-4)26(18)14-16(2)3;/h16-17H,5-15H2,1-4H3,(H2,21,22,23);1H. The molecule has 2 heterocycles. The van der Waals surface area contributed by atoms with Gasteiger partial charge in [0.1, 0.15) is 5.82 Å². The Morgan fingerprint density at radius 1 is 1.33 bits per heavy atom. The summed E-state index contributed by atoms with van der Waals surface area (Å²) in [7, 11) is 0. The van der Waals surface area contributed by atoms with Crippen LogP contribution in [-0.2, 0) is 22.4 Å². The molecular formula is C20H39IN6O2S. The van der Waals surface area contributed by atoms with E-state index in [9.17, 15) is 0 Å². The Morgan fingerprint density at radius 3 is 2.83 bits per heavy atom. The Hall–Kier alpha value is -0.590. The molecule has 2 N–H and O–H groups in total. The van der Waals surface area contributed by atoms with E-state index in [0.29, 0.717) is 5.92 Å². The lowest BCUT2D eigenvalue weighted by atomic mass is 10.2. The molecule has 1 aliphatic heterocycles. The molecule has 30 heavy (non-hydrogen) atoms. The van der Waals surface area contributed by atoms with Crippen molar-refractivity contribution in [2.24, 2.45) is 10.9 Å². The molecule has 1 unspecified atom stereocenters. The fourth-order valence-corrected chi connectivity index (χ4v) is 3.67. The van der Waals surface area contributed by atoms with Gasteiger partial charge in [0.15, 0.2) is 11.1 Å². The van der Waals surface area contributed by atoms with Gasteiger partial charge in [-0.15, -0.1) is 34.2 Å². The van der Waals surface area contributed by atoms with Crippen LogP contribution in [0.15, 0.2) is 10.1 Å². The van der Waals surface area contributed by atoms with Gasteiger partial charge in [-0.1, -0.05) is 25.6 Å². The first-order valence-corrected chi connectivity index (χ1v) is 12.0. The van der Waals surface area contributed by atoms with Crippen LogP contribution in [0.5, 0.6) is 0 Å². The molecule has 1 aromatic heterocycles. The Balaban J connectivity index is 0.00000450. The highest BCUT2D eigenvalue weighted by Crippen LogP contribution is 2.16. The van der Waals surface area contributed by atoms with Crippen molar-refractivity contribution in [1.82, 2.24) is 25.4 Å². The topological polar surface area (TPSA) is 85.6 Å². The molecule has 2 rings (SSSR count). The van der Waals surface area contributed by atoms with Gasteiger partial charge in [0.25, 0.3) is 0 Å². The first kappa shape index (κ1) is 27.4. The van der Waals surface area contributed by atoms with E-state index in [2.05, 4.69) is 52.4 Å². The lowest BCUT2D eigenvalue weighted by Gasteiger charge is -2.13. The van der Waals surface area contributed by atoms with Crippen LogP contribution in [0.2, 0.25) is 0 Å². The monoisotopic (exact) mass is 554 g/mol. The van der Waals surface area contributed by atoms with Crippen LogP contribution in [0.1, 0.15) is 45.9 Å². The summed E-state index contributed by atoms with van der Waals surface area (Å²) in [5, 5.41) is 16.4. The van der Waals surface area contributed by atoms with E-state index >= 15 is 0 Å². The summed E-state index contributed by atoms with van der Waals surface area (Å²) in [5.41, 5.74) is 0. The number of guanidine groups is 1. The number of ether oxygens (including phenoxy) is 2. The highest BCUT2D eigenvalue weighted by Gasteiger charge is 2.15. The summed E-state index contributed by atoms with van der Waals surface area (Å²) in [6, 6.07) is 0. The highest BCUT2D eigenvalue weighted by molar-refractivity contribution is 14.0. The summed E-state index contributed by atoms with van der Waals surface area (Å²) in [4.78, 5) is 4.69. The van der Waals surface area contributed by atoms with Crippen molar-refractivity contribution in [2.45, 2.75) is 64.3 Å². The SMILES string of the molecule is CCNC(=NCCCc1nnc(SC)n1CC(C)C)NCCCOC1CCOC1.I. The van der Waals surface area contributed by atoms with Gasteiger partial charge in [0.2, 0.25) is 0 Å². The van der Waals surface area contributed by atoms with Gasteiger partial charge in [-0.25, -0.2) is 0 Å². The lowest BCUT2D eigenvalue weighted by molar-refractivity contribution is 0.0420. The van der Waals surface area contributed by atoms with Crippen molar-refractivity contribution < 1.29 is 9.47 Å². The first-order chi connectivity index (χ1) is 14.1. The molecule has 1 aromatic rings. The molecule has 8 nitrogen and oxygen atoms in total. The van der Waals surface area contributed by atoms with Crippen LogP contribution in [0, 0.1) is 5.92 Å². The average Bonchev–Trinajstić information content (AvgIpc) is 3.34. The fraction of sp³-hybridized carbons (Fsp3) is 0.850. The molecule has 10 heteroatoms. The number of hydrogen-bond donors (Lipinski definition) is 2. The molecule has 0 bridgehead atoms. The molecular weight excluding hydrogens is 515 g/mol. The van der Waals surface area contributed by atoms with E-state index in [1.54, 1.807) is 11.8 Å². The third-order valence-corrected chi connectivity index (χ3v) is 5.22. The third kappa shape index (κ3) is 10.1. The minimum absolute atomic E-state index is 0. The minimum Gasteiger partial charge on any atom is -0.379 e. The van der Waals surface area contributed by atoms with Gasteiger partial charge in [-0.3, -0.25) is 4.99 Å². The largest absolute Gasteiger partial charge is 0.379 e. The van der Waals surface area contributed by atoms with E-state index in [4.69, 9.17) is 14.5 Å². The zero-order valence-electron chi connectivity index (χ0n) is 18.9. The number of halogens is 1.